The van der Waals surface area contributed by atoms with Crippen LogP contribution in [0.4, 0.5) is 13.2 Å². The summed E-state index contributed by atoms with van der Waals surface area (Å²) in [7, 11) is 0. The molecule has 1 heterocycles. The standard InChI is InChI=1S/C17H17F3N4O4/c18-17(19,20)11-2-1-3-12(8-11)27-9-13(25)21-6-7-22-15(26)16-23-14(24-28-16)10-4-5-10/h1-3,8,10H,4-7,9H2,(H,21,25)(H,22,26). The van der Waals surface area contributed by atoms with E-state index in [9.17, 15) is 22.8 Å². The summed E-state index contributed by atoms with van der Waals surface area (Å²) in [6.07, 6.45) is -2.53. The van der Waals surface area contributed by atoms with Crippen LogP contribution in [0.5, 0.6) is 5.75 Å². The fourth-order valence-electron chi connectivity index (χ4n) is 2.25. The van der Waals surface area contributed by atoms with E-state index in [2.05, 4.69) is 20.8 Å². The van der Waals surface area contributed by atoms with Crippen LogP contribution in [0.2, 0.25) is 0 Å². The van der Waals surface area contributed by atoms with Gasteiger partial charge in [0.05, 0.1) is 5.56 Å². The number of alkyl halides is 3. The van der Waals surface area contributed by atoms with Gasteiger partial charge < -0.3 is 19.9 Å². The second-order valence-electron chi connectivity index (χ2n) is 6.15. The summed E-state index contributed by atoms with van der Waals surface area (Å²) in [5.41, 5.74) is -0.862. The first-order valence-electron chi connectivity index (χ1n) is 8.51. The Morgan fingerprint density at radius 1 is 1.21 bits per heavy atom. The maximum Gasteiger partial charge on any atom is 0.416 e. The smallest absolute Gasteiger partial charge is 0.416 e. The van der Waals surface area contributed by atoms with Gasteiger partial charge in [0.25, 0.3) is 5.91 Å². The van der Waals surface area contributed by atoms with Gasteiger partial charge in [-0.05, 0) is 31.0 Å². The molecule has 1 aromatic carbocycles. The van der Waals surface area contributed by atoms with Crippen molar-refractivity contribution in [2.45, 2.75) is 24.9 Å². The molecular weight excluding hydrogens is 381 g/mol. The molecule has 2 N–H and O–H groups in total. The first-order chi connectivity index (χ1) is 13.3. The minimum Gasteiger partial charge on any atom is -0.484 e. The summed E-state index contributed by atoms with van der Waals surface area (Å²) in [4.78, 5) is 27.5. The summed E-state index contributed by atoms with van der Waals surface area (Å²) < 4.78 is 47.8. The number of amides is 2. The van der Waals surface area contributed by atoms with E-state index in [0.717, 1.165) is 25.0 Å². The molecule has 1 aliphatic carbocycles. The van der Waals surface area contributed by atoms with Crippen LogP contribution in [0.1, 0.15) is 40.8 Å². The number of halogens is 3. The Morgan fingerprint density at radius 2 is 1.96 bits per heavy atom. The topological polar surface area (TPSA) is 106 Å². The van der Waals surface area contributed by atoms with Crippen molar-refractivity contribution in [1.29, 1.82) is 0 Å². The van der Waals surface area contributed by atoms with E-state index in [0.29, 0.717) is 5.82 Å². The van der Waals surface area contributed by atoms with Crippen molar-refractivity contribution in [3.05, 3.63) is 41.5 Å². The molecule has 0 saturated heterocycles. The zero-order valence-corrected chi connectivity index (χ0v) is 14.6. The lowest BCUT2D eigenvalue weighted by Crippen LogP contribution is -2.36. The molecule has 0 radical (unpaired) electrons. The zero-order valence-electron chi connectivity index (χ0n) is 14.6. The molecule has 150 valence electrons. The van der Waals surface area contributed by atoms with E-state index in [1.54, 1.807) is 0 Å². The lowest BCUT2D eigenvalue weighted by atomic mass is 10.2. The normalized spacial score (nSPS) is 13.8. The quantitative estimate of drug-likeness (QED) is 0.658. The summed E-state index contributed by atoms with van der Waals surface area (Å²) in [6.45, 7) is -0.251. The van der Waals surface area contributed by atoms with E-state index in [4.69, 9.17) is 9.26 Å². The average molecular weight is 398 g/mol. The van der Waals surface area contributed by atoms with Crippen molar-refractivity contribution in [1.82, 2.24) is 20.8 Å². The van der Waals surface area contributed by atoms with Gasteiger partial charge in [0.15, 0.2) is 12.4 Å². The molecular formula is C17H17F3N4O4. The predicted molar refractivity (Wildman–Crippen MR) is 88.6 cm³/mol. The maximum atomic E-state index is 12.6. The number of hydrogen-bond acceptors (Lipinski definition) is 6. The highest BCUT2D eigenvalue weighted by Gasteiger charge is 2.31. The highest BCUT2D eigenvalue weighted by Crippen LogP contribution is 2.38. The van der Waals surface area contributed by atoms with Crippen molar-refractivity contribution in [3.63, 3.8) is 0 Å². The van der Waals surface area contributed by atoms with Gasteiger partial charge in [-0.1, -0.05) is 11.2 Å². The van der Waals surface area contributed by atoms with Crippen molar-refractivity contribution in [2.24, 2.45) is 0 Å². The van der Waals surface area contributed by atoms with Crippen LogP contribution in [0, 0.1) is 0 Å². The van der Waals surface area contributed by atoms with Crippen molar-refractivity contribution < 1.29 is 32.0 Å². The van der Waals surface area contributed by atoms with Crippen LogP contribution in [-0.2, 0) is 11.0 Å². The van der Waals surface area contributed by atoms with Gasteiger partial charge >= 0.3 is 18.0 Å². The minimum absolute atomic E-state index is 0.0684. The number of carbonyl (C=O) groups is 2. The second kappa shape index (κ2) is 8.28. The highest BCUT2D eigenvalue weighted by molar-refractivity contribution is 5.89. The lowest BCUT2D eigenvalue weighted by Gasteiger charge is -2.10. The van der Waals surface area contributed by atoms with Gasteiger partial charge in [0, 0.05) is 19.0 Å². The summed E-state index contributed by atoms with van der Waals surface area (Å²) in [6, 6.07) is 4.24. The van der Waals surface area contributed by atoms with Gasteiger partial charge in [0.2, 0.25) is 0 Å². The molecule has 0 aliphatic heterocycles. The third kappa shape index (κ3) is 5.44. The largest absolute Gasteiger partial charge is 0.484 e. The Morgan fingerprint density at radius 3 is 2.68 bits per heavy atom. The molecule has 0 atom stereocenters. The number of carbonyl (C=O) groups excluding carboxylic acids is 2. The first-order valence-corrected chi connectivity index (χ1v) is 8.51. The molecule has 0 spiro atoms. The molecule has 1 aromatic heterocycles. The van der Waals surface area contributed by atoms with Gasteiger partial charge in [-0.25, -0.2) is 0 Å². The van der Waals surface area contributed by atoms with Crippen LogP contribution in [0.15, 0.2) is 28.8 Å². The molecule has 3 rings (SSSR count). The van der Waals surface area contributed by atoms with Crippen molar-refractivity contribution in [2.75, 3.05) is 19.7 Å². The van der Waals surface area contributed by atoms with E-state index in [-0.39, 0.29) is 30.6 Å². The number of hydrogen-bond donors (Lipinski definition) is 2. The van der Waals surface area contributed by atoms with Crippen LogP contribution in [0.3, 0.4) is 0 Å². The van der Waals surface area contributed by atoms with Crippen molar-refractivity contribution in [3.8, 4) is 5.75 Å². The highest BCUT2D eigenvalue weighted by atomic mass is 19.4. The van der Waals surface area contributed by atoms with E-state index in [1.807, 2.05) is 0 Å². The van der Waals surface area contributed by atoms with Crippen LogP contribution in [-0.4, -0.2) is 41.7 Å². The van der Waals surface area contributed by atoms with Gasteiger partial charge in [-0.15, -0.1) is 0 Å². The summed E-state index contributed by atoms with van der Waals surface area (Å²) in [5, 5.41) is 8.71. The SMILES string of the molecule is O=C(COc1cccc(C(F)(F)F)c1)NCCNC(=O)c1nc(C2CC2)no1. The Kier molecular flexibility index (Phi) is 5.81. The second-order valence-corrected chi connectivity index (χ2v) is 6.15. The van der Waals surface area contributed by atoms with Crippen LogP contribution in [0.25, 0.3) is 0 Å². The molecule has 0 bridgehead atoms. The van der Waals surface area contributed by atoms with Crippen LogP contribution >= 0.6 is 0 Å². The molecule has 1 aliphatic rings. The van der Waals surface area contributed by atoms with E-state index in [1.165, 1.54) is 12.1 Å². The minimum atomic E-state index is -4.49. The first kappa shape index (κ1) is 19.6. The Bertz CT molecular complexity index is 849. The molecule has 2 amide bonds. The number of rotatable bonds is 8. The monoisotopic (exact) mass is 398 g/mol. The Balaban J connectivity index is 1.35. The average Bonchev–Trinajstić information content (AvgIpc) is 3.39. The Labute approximate surface area is 157 Å². The molecule has 1 saturated carbocycles. The van der Waals surface area contributed by atoms with Gasteiger partial charge in [0.1, 0.15) is 5.75 Å². The number of ether oxygens (including phenoxy) is 1. The molecule has 28 heavy (non-hydrogen) atoms. The lowest BCUT2D eigenvalue weighted by molar-refractivity contribution is -0.137. The summed E-state index contributed by atoms with van der Waals surface area (Å²) >= 11 is 0. The van der Waals surface area contributed by atoms with E-state index >= 15 is 0 Å². The number of nitrogens with one attached hydrogen (secondary N) is 2. The van der Waals surface area contributed by atoms with E-state index < -0.39 is 30.2 Å². The number of benzene rings is 1. The molecule has 0 unspecified atom stereocenters. The number of aromatic nitrogens is 2. The van der Waals surface area contributed by atoms with Gasteiger partial charge in [-0.2, -0.15) is 18.2 Å². The summed E-state index contributed by atoms with van der Waals surface area (Å²) in [5.74, 6) is -0.511. The third-order valence-corrected chi connectivity index (χ3v) is 3.84. The third-order valence-electron chi connectivity index (χ3n) is 3.84. The zero-order chi connectivity index (χ0) is 20.1. The van der Waals surface area contributed by atoms with Gasteiger partial charge in [-0.3, -0.25) is 9.59 Å². The maximum absolute atomic E-state index is 12.6. The molecule has 2 aromatic rings. The van der Waals surface area contributed by atoms with Crippen molar-refractivity contribution >= 4 is 11.8 Å². The van der Waals surface area contributed by atoms with Crippen LogP contribution < -0.4 is 15.4 Å². The molecule has 8 nitrogen and oxygen atoms in total. The predicted octanol–water partition coefficient (Wildman–Crippen LogP) is 1.89. The molecule has 1 fully saturated rings. The molecule has 11 heteroatoms. The Hall–Kier alpha value is -3.11. The fraction of sp³-hybridized carbons (Fsp3) is 0.412. The fourth-order valence-corrected chi connectivity index (χ4v) is 2.25. The number of nitrogens with zero attached hydrogens (tertiary/aromatic N) is 2.